The number of pyridine rings is 1. The van der Waals surface area contributed by atoms with Gasteiger partial charge in [0.05, 0.1) is 5.92 Å². The van der Waals surface area contributed by atoms with Gasteiger partial charge in [0, 0.05) is 37.6 Å². The molecule has 2 aliphatic heterocycles. The fraction of sp³-hybridized carbons (Fsp3) is 0.700. The van der Waals surface area contributed by atoms with Crippen LogP contribution in [0.1, 0.15) is 44.1 Å². The Morgan fingerprint density at radius 3 is 2.72 bits per heavy atom. The minimum atomic E-state index is 0.211. The van der Waals surface area contributed by atoms with Gasteiger partial charge in [-0.3, -0.25) is 19.6 Å². The third-order valence-corrected chi connectivity index (χ3v) is 5.95. The van der Waals surface area contributed by atoms with E-state index in [1.54, 1.807) is 0 Å². The molecule has 0 spiro atoms. The fourth-order valence-corrected chi connectivity index (χ4v) is 4.29. The van der Waals surface area contributed by atoms with Crippen LogP contribution in [0.5, 0.6) is 0 Å². The van der Waals surface area contributed by atoms with Crippen molar-refractivity contribution < 1.29 is 4.79 Å². The molecular weight excluding hydrogens is 312 g/mol. The molecule has 1 saturated carbocycles. The minimum absolute atomic E-state index is 0.211. The molecule has 1 amide bonds. The number of hydrogen-bond acceptors (Lipinski definition) is 4. The lowest BCUT2D eigenvalue weighted by Gasteiger charge is -2.42. The third kappa shape index (κ3) is 4.59. The highest BCUT2D eigenvalue weighted by Gasteiger charge is 2.33. The summed E-state index contributed by atoms with van der Waals surface area (Å²) in [5.41, 5.74) is 1.30. The number of hydrogen-bond donors (Lipinski definition) is 1. The van der Waals surface area contributed by atoms with Crippen LogP contribution >= 0.6 is 0 Å². The summed E-state index contributed by atoms with van der Waals surface area (Å²) >= 11 is 0. The molecule has 1 N–H and O–H groups in total. The first kappa shape index (κ1) is 17.0. The van der Waals surface area contributed by atoms with Crippen molar-refractivity contribution in [2.75, 3.05) is 26.2 Å². The van der Waals surface area contributed by atoms with E-state index in [-0.39, 0.29) is 5.92 Å². The molecule has 1 aromatic heterocycles. The minimum Gasteiger partial charge on any atom is -0.353 e. The molecule has 1 aromatic rings. The Hall–Kier alpha value is -1.46. The Bertz CT molecular complexity index is 566. The van der Waals surface area contributed by atoms with E-state index in [1.807, 2.05) is 18.5 Å². The van der Waals surface area contributed by atoms with Crippen molar-refractivity contribution in [3.8, 4) is 0 Å². The summed E-state index contributed by atoms with van der Waals surface area (Å²) < 4.78 is 0. The van der Waals surface area contributed by atoms with E-state index in [2.05, 4.69) is 26.2 Å². The standard InChI is InChI=1S/C20H30N4O/c25-20(22-18-5-6-18)17-4-2-10-24(15-17)19-7-11-23(12-8-19)14-16-3-1-9-21-13-16/h1,3,9,13,17-19H,2,4-8,10-12,14-15H2,(H,22,25)/t17-/m1/s1. The zero-order valence-corrected chi connectivity index (χ0v) is 15.1. The van der Waals surface area contributed by atoms with Crippen molar-refractivity contribution in [3.05, 3.63) is 30.1 Å². The summed E-state index contributed by atoms with van der Waals surface area (Å²) in [5.74, 6) is 0.518. The molecule has 0 aromatic carbocycles. The topological polar surface area (TPSA) is 48.5 Å². The quantitative estimate of drug-likeness (QED) is 0.890. The second kappa shape index (κ2) is 7.83. The van der Waals surface area contributed by atoms with Gasteiger partial charge < -0.3 is 5.32 Å². The zero-order chi connectivity index (χ0) is 17.1. The highest BCUT2D eigenvalue weighted by atomic mass is 16.2. The fourth-order valence-electron chi connectivity index (χ4n) is 4.29. The molecule has 0 bridgehead atoms. The average molecular weight is 342 g/mol. The van der Waals surface area contributed by atoms with Crippen LogP contribution in [-0.2, 0) is 11.3 Å². The molecule has 25 heavy (non-hydrogen) atoms. The van der Waals surface area contributed by atoms with E-state index in [4.69, 9.17) is 0 Å². The maximum atomic E-state index is 12.4. The molecule has 136 valence electrons. The number of carbonyl (C=O) groups is 1. The molecule has 3 fully saturated rings. The number of amides is 1. The number of rotatable bonds is 5. The van der Waals surface area contributed by atoms with E-state index >= 15 is 0 Å². The monoisotopic (exact) mass is 342 g/mol. The highest BCUT2D eigenvalue weighted by Crippen LogP contribution is 2.26. The van der Waals surface area contributed by atoms with Gasteiger partial charge >= 0.3 is 0 Å². The maximum absolute atomic E-state index is 12.4. The van der Waals surface area contributed by atoms with E-state index in [1.165, 1.54) is 44.2 Å². The molecule has 4 rings (SSSR count). The largest absolute Gasteiger partial charge is 0.353 e. The second-order valence-corrected chi connectivity index (χ2v) is 7.99. The van der Waals surface area contributed by atoms with Gasteiger partial charge in [0.15, 0.2) is 0 Å². The van der Waals surface area contributed by atoms with Gasteiger partial charge in [-0.05, 0) is 69.8 Å². The van der Waals surface area contributed by atoms with Crippen molar-refractivity contribution in [2.45, 2.75) is 57.2 Å². The van der Waals surface area contributed by atoms with Gasteiger partial charge in [-0.1, -0.05) is 6.07 Å². The summed E-state index contributed by atoms with van der Waals surface area (Å²) in [5, 5.41) is 3.20. The predicted molar refractivity (Wildman–Crippen MR) is 98.0 cm³/mol. The predicted octanol–water partition coefficient (Wildman–Crippen LogP) is 2.04. The molecule has 1 atom stereocenters. The first-order valence-electron chi connectivity index (χ1n) is 9.93. The summed E-state index contributed by atoms with van der Waals surface area (Å²) in [4.78, 5) is 21.7. The van der Waals surface area contributed by atoms with Gasteiger partial charge in [-0.2, -0.15) is 0 Å². The lowest BCUT2D eigenvalue weighted by molar-refractivity contribution is -0.127. The van der Waals surface area contributed by atoms with E-state index in [9.17, 15) is 4.79 Å². The van der Waals surface area contributed by atoms with Crippen LogP contribution < -0.4 is 5.32 Å². The van der Waals surface area contributed by atoms with Crippen molar-refractivity contribution in [1.82, 2.24) is 20.1 Å². The number of piperidine rings is 2. The number of nitrogens with zero attached hydrogens (tertiary/aromatic N) is 3. The first-order valence-corrected chi connectivity index (χ1v) is 9.93. The van der Waals surface area contributed by atoms with Gasteiger partial charge in [-0.15, -0.1) is 0 Å². The lowest BCUT2D eigenvalue weighted by atomic mass is 9.93. The van der Waals surface area contributed by atoms with E-state index < -0.39 is 0 Å². The number of nitrogens with one attached hydrogen (secondary N) is 1. The Labute approximate surface area is 150 Å². The normalized spacial score (nSPS) is 26.5. The van der Waals surface area contributed by atoms with Crippen LogP contribution in [-0.4, -0.2) is 59.0 Å². The maximum Gasteiger partial charge on any atom is 0.224 e. The van der Waals surface area contributed by atoms with Crippen LogP contribution in [0, 0.1) is 5.92 Å². The number of aromatic nitrogens is 1. The highest BCUT2D eigenvalue weighted by molar-refractivity contribution is 5.79. The Balaban J connectivity index is 1.24. The second-order valence-electron chi connectivity index (χ2n) is 7.99. The molecule has 5 heteroatoms. The van der Waals surface area contributed by atoms with Crippen LogP contribution in [0.4, 0.5) is 0 Å². The summed E-state index contributed by atoms with van der Waals surface area (Å²) in [7, 11) is 0. The molecular formula is C20H30N4O. The molecule has 1 aliphatic carbocycles. The van der Waals surface area contributed by atoms with Crippen LogP contribution in [0.15, 0.2) is 24.5 Å². The summed E-state index contributed by atoms with van der Waals surface area (Å²) in [6.07, 6.45) is 10.8. The smallest absolute Gasteiger partial charge is 0.224 e. The lowest BCUT2D eigenvalue weighted by Crippen LogP contribution is -2.50. The van der Waals surface area contributed by atoms with Crippen LogP contribution in [0.25, 0.3) is 0 Å². The average Bonchev–Trinajstić information content (AvgIpc) is 3.47. The molecule has 3 heterocycles. The number of likely N-dealkylation sites (tertiary alicyclic amines) is 2. The summed E-state index contributed by atoms with van der Waals surface area (Å²) in [6, 6.07) is 5.32. The Kier molecular flexibility index (Phi) is 5.32. The van der Waals surface area contributed by atoms with Crippen molar-refractivity contribution in [1.29, 1.82) is 0 Å². The van der Waals surface area contributed by atoms with Gasteiger partial charge in [0.25, 0.3) is 0 Å². The van der Waals surface area contributed by atoms with Crippen molar-refractivity contribution >= 4 is 5.91 Å². The van der Waals surface area contributed by atoms with Gasteiger partial charge in [0.2, 0.25) is 5.91 Å². The zero-order valence-electron chi connectivity index (χ0n) is 15.1. The molecule has 2 saturated heterocycles. The third-order valence-electron chi connectivity index (χ3n) is 5.95. The Morgan fingerprint density at radius 2 is 2.00 bits per heavy atom. The molecule has 0 unspecified atom stereocenters. The Morgan fingerprint density at radius 1 is 1.16 bits per heavy atom. The van der Waals surface area contributed by atoms with E-state index in [0.717, 1.165) is 32.6 Å². The molecule has 5 nitrogen and oxygen atoms in total. The van der Waals surface area contributed by atoms with Crippen LogP contribution in [0.2, 0.25) is 0 Å². The van der Waals surface area contributed by atoms with E-state index in [0.29, 0.717) is 18.0 Å². The molecule has 3 aliphatic rings. The summed E-state index contributed by atoms with van der Waals surface area (Å²) in [6.45, 7) is 5.43. The number of carbonyl (C=O) groups excluding carboxylic acids is 1. The molecule has 0 radical (unpaired) electrons. The van der Waals surface area contributed by atoms with Crippen molar-refractivity contribution in [2.24, 2.45) is 5.92 Å². The first-order chi connectivity index (χ1) is 12.3. The van der Waals surface area contributed by atoms with Gasteiger partial charge in [-0.25, -0.2) is 0 Å². The SMILES string of the molecule is O=C(NC1CC1)[C@@H]1CCCN(C2CCN(Cc3cccnc3)CC2)C1. The van der Waals surface area contributed by atoms with Crippen LogP contribution in [0.3, 0.4) is 0 Å². The van der Waals surface area contributed by atoms with Crippen molar-refractivity contribution in [3.63, 3.8) is 0 Å². The van der Waals surface area contributed by atoms with Gasteiger partial charge in [0.1, 0.15) is 0 Å².